The Kier molecular flexibility index (Phi) is 4.49. The molecule has 0 fully saturated rings. The maximum absolute atomic E-state index is 8.63. The Bertz CT molecular complexity index is 344. The van der Waals surface area contributed by atoms with Crippen LogP contribution in [0.2, 0.25) is 0 Å². The van der Waals surface area contributed by atoms with Crippen LogP contribution < -0.4 is 10.1 Å². The highest BCUT2D eigenvalue weighted by Crippen LogP contribution is 2.22. The number of ether oxygens (including phenoxy) is 1. The summed E-state index contributed by atoms with van der Waals surface area (Å²) in [6.45, 7) is 2.71. The lowest BCUT2D eigenvalue weighted by molar-refractivity contribution is 0.416. The molecular formula is C12H16N2O. The lowest BCUT2D eigenvalue weighted by Gasteiger charge is -2.10. The summed E-state index contributed by atoms with van der Waals surface area (Å²) >= 11 is 0. The second kappa shape index (κ2) is 5.92. The van der Waals surface area contributed by atoms with Crippen LogP contribution in [-0.2, 0) is 0 Å². The van der Waals surface area contributed by atoms with Crippen molar-refractivity contribution < 1.29 is 4.74 Å². The van der Waals surface area contributed by atoms with Crippen LogP contribution in [0.4, 0.5) is 5.69 Å². The van der Waals surface area contributed by atoms with Gasteiger partial charge in [-0.25, -0.2) is 0 Å². The van der Waals surface area contributed by atoms with E-state index in [0.29, 0.717) is 0 Å². The van der Waals surface area contributed by atoms with Gasteiger partial charge in [0.2, 0.25) is 0 Å². The number of nitrogens with zero attached hydrogens (tertiary/aromatic N) is 1. The van der Waals surface area contributed by atoms with Crippen molar-refractivity contribution in [2.24, 2.45) is 5.92 Å². The zero-order valence-electron chi connectivity index (χ0n) is 9.16. The van der Waals surface area contributed by atoms with Gasteiger partial charge in [0.25, 0.3) is 0 Å². The molecule has 3 heteroatoms. The van der Waals surface area contributed by atoms with Crippen LogP contribution in [0.3, 0.4) is 0 Å². The lowest BCUT2D eigenvalue weighted by atomic mass is 10.1. The molecular weight excluding hydrogens is 188 g/mol. The minimum Gasteiger partial charge on any atom is -0.495 e. The number of methoxy groups -OCH3 is 1. The first-order chi connectivity index (χ1) is 7.27. The SMILES string of the molecule is COc1ccccc1NCCC(C)C#N. The van der Waals surface area contributed by atoms with E-state index in [1.165, 1.54) is 0 Å². The molecule has 0 heterocycles. The Morgan fingerprint density at radius 1 is 1.47 bits per heavy atom. The van der Waals surface area contributed by atoms with Crippen LogP contribution in [0.25, 0.3) is 0 Å². The standard InChI is InChI=1S/C12H16N2O/c1-10(9-13)7-8-14-11-5-3-4-6-12(11)15-2/h3-6,10,14H,7-8H2,1-2H3. The first-order valence-electron chi connectivity index (χ1n) is 5.04. The van der Waals surface area contributed by atoms with Crippen LogP contribution in [-0.4, -0.2) is 13.7 Å². The molecule has 15 heavy (non-hydrogen) atoms. The summed E-state index contributed by atoms with van der Waals surface area (Å²) in [4.78, 5) is 0. The summed E-state index contributed by atoms with van der Waals surface area (Å²) in [7, 11) is 1.65. The monoisotopic (exact) mass is 204 g/mol. The van der Waals surface area contributed by atoms with Gasteiger partial charge in [0, 0.05) is 12.5 Å². The minimum atomic E-state index is 0.0900. The Balaban J connectivity index is 2.47. The van der Waals surface area contributed by atoms with Crippen molar-refractivity contribution in [2.45, 2.75) is 13.3 Å². The van der Waals surface area contributed by atoms with Crippen LogP contribution >= 0.6 is 0 Å². The first-order valence-corrected chi connectivity index (χ1v) is 5.04. The van der Waals surface area contributed by atoms with E-state index in [0.717, 1.165) is 24.4 Å². The van der Waals surface area contributed by atoms with E-state index in [2.05, 4.69) is 11.4 Å². The molecule has 0 aromatic heterocycles. The molecule has 3 nitrogen and oxygen atoms in total. The summed E-state index contributed by atoms with van der Waals surface area (Å²) < 4.78 is 5.20. The minimum absolute atomic E-state index is 0.0900. The van der Waals surface area contributed by atoms with Gasteiger partial charge in [0.05, 0.1) is 18.9 Å². The number of nitriles is 1. The van der Waals surface area contributed by atoms with E-state index in [1.54, 1.807) is 7.11 Å². The zero-order chi connectivity index (χ0) is 11.1. The van der Waals surface area contributed by atoms with Crippen molar-refractivity contribution in [3.63, 3.8) is 0 Å². The highest BCUT2D eigenvalue weighted by Gasteiger charge is 2.02. The number of anilines is 1. The largest absolute Gasteiger partial charge is 0.495 e. The molecule has 1 N–H and O–H groups in total. The first kappa shape index (κ1) is 11.4. The average Bonchev–Trinajstić information content (AvgIpc) is 2.29. The van der Waals surface area contributed by atoms with Gasteiger partial charge in [0.1, 0.15) is 5.75 Å². The molecule has 1 unspecified atom stereocenters. The Labute approximate surface area is 90.7 Å². The van der Waals surface area contributed by atoms with Crippen molar-refractivity contribution in [1.82, 2.24) is 0 Å². The van der Waals surface area contributed by atoms with Crippen molar-refractivity contribution in [3.8, 4) is 11.8 Å². The van der Waals surface area contributed by atoms with Crippen molar-refractivity contribution in [3.05, 3.63) is 24.3 Å². The van der Waals surface area contributed by atoms with E-state index < -0.39 is 0 Å². The fraction of sp³-hybridized carbons (Fsp3) is 0.417. The molecule has 0 aliphatic carbocycles. The van der Waals surface area contributed by atoms with Gasteiger partial charge in [-0.05, 0) is 25.5 Å². The Hall–Kier alpha value is -1.69. The van der Waals surface area contributed by atoms with E-state index in [4.69, 9.17) is 10.00 Å². The molecule has 80 valence electrons. The summed E-state index contributed by atoms with van der Waals surface area (Å²) in [5.74, 6) is 0.925. The van der Waals surface area contributed by atoms with Gasteiger partial charge in [-0.2, -0.15) is 5.26 Å². The smallest absolute Gasteiger partial charge is 0.141 e. The van der Waals surface area contributed by atoms with Crippen LogP contribution in [0, 0.1) is 17.2 Å². The predicted molar refractivity (Wildman–Crippen MR) is 60.9 cm³/mol. The number of rotatable bonds is 5. The van der Waals surface area contributed by atoms with E-state index in [9.17, 15) is 0 Å². The van der Waals surface area contributed by atoms with Gasteiger partial charge in [-0.1, -0.05) is 12.1 Å². The normalized spacial score (nSPS) is 11.5. The summed E-state index contributed by atoms with van der Waals surface area (Å²) in [5, 5.41) is 11.9. The molecule has 1 aromatic rings. The maximum Gasteiger partial charge on any atom is 0.141 e. The van der Waals surface area contributed by atoms with Crippen molar-refractivity contribution >= 4 is 5.69 Å². The quantitative estimate of drug-likeness (QED) is 0.802. The van der Waals surface area contributed by atoms with Crippen molar-refractivity contribution in [1.29, 1.82) is 5.26 Å². The molecule has 0 aliphatic rings. The number of hydrogen-bond acceptors (Lipinski definition) is 3. The van der Waals surface area contributed by atoms with Gasteiger partial charge in [-0.3, -0.25) is 0 Å². The number of hydrogen-bond donors (Lipinski definition) is 1. The maximum atomic E-state index is 8.63. The second-order valence-electron chi connectivity index (χ2n) is 3.45. The van der Waals surface area contributed by atoms with Crippen molar-refractivity contribution in [2.75, 3.05) is 19.0 Å². The predicted octanol–water partition coefficient (Wildman–Crippen LogP) is 2.66. The molecule has 1 aromatic carbocycles. The van der Waals surface area contributed by atoms with Gasteiger partial charge in [-0.15, -0.1) is 0 Å². The third-order valence-electron chi connectivity index (χ3n) is 2.22. The lowest BCUT2D eigenvalue weighted by Crippen LogP contribution is -2.06. The summed E-state index contributed by atoms with van der Waals surface area (Å²) in [6, 6.07) is 9.98. The highest BCUT2D eigenvalue weighted by molar-refractivity contribution is 5.55. The number of para-hydroxylation sites is 2. The van der Waals surface area contributed by atoms with E-state index >= 15 is 0 Å². The molecule has 0 radical (unpaired) electrons. The fourth-order valence-corrected chi connectivity index (χ4v) is 1.28. The molecule has 0 amide bonds. The van der Waals surface area contributed by atoms with Crippen LogP contribution in [0.5, 0.6) is 5.75 Å². The average molecular weight is 204 g/mol. The topological polar surface area (TPSA) is 45.0 Å². The molecule has 1 rings (SSSR count). The third-order valence-corrected chi connectivity index (χ3v) is 2.22. The summed E-state index contributed by atoms with van der Waals surface area (Å²) in [6.07, 6.45) is 0.842. The summed E-state index contributed by atoms with van der Waals surface area (Å²) in [5.41, 5.74) is 0.977. The van der Waals surface area contributed by atoms with Gasteiger partial charge < -0.3 is 10.1 Å². The molecule has 0 saturated carbocycles. The molecule has 0 aliphatic heterocycles. The molecule has 1 atom stereocenters. The Morgan fingerprint density at radius 3 is 2.87 bits per heavy atom. The molecule has 0 spiro atoms. The molecule has 0 bridgehead atoms. The zero-order valence-corrected chi connectivity index (χ0v) is 9.16. The van der Waals surface area contributed by atoms with E-state index in [1.807, 2.05) is 31.2 Å². The van der Waals surface area contributed by atoms with E-state index in [-0.39, 0.29) is 5.92 Å². The fourth-order valence-electron chi connectivity index (χ4n) is 1.28. The van der Waals surface area contributed by atoms with Crippen LogP contribution in [0.15, 0.2) is 24.3 Å². The van der Waals surface area contributed by atoms with Gasteiger partial charge in [0.15, 0.2) is 0 Å². The third kappa shape index (κ3) is 3.51. The second-order valence-corrected chi connectivity index (χ2v) is 3.45. The number of nitrogens with one attached hydrogen (secondary N) is 1. The Morgan fingerprint density at radius 2 is 2.20 bits per heavy atom. The number of benzene rings is 1. The van der Waals surface area contributed by atoms with Gasteiger partial charge >= 0.3 is 0 Å². The van der Waals surface area contributed by atoms with Crippen LogP contribution in [0.1, 0.15) is 13.3 Å². The molecule has 0 saturated heterocycles. The highest BCUT2D eigenvalue weighted by atomic mass is 16.5.